The molecule has 1 fully saturated rings. The first-order valence-corrected chi connectivity index (χ1v) is 7.31. The third-order valence-corrected chi connectivity index (χ3v) is 4.42. The molecule has 2 aliphatic rings. The van der Waals surface area contributed by atoms with Gasteiger partial charge >= 0.3 is 0 Å². The van der Waals surface area contributed by atoms with Gasteiger partial charge in [-0.3, -0.25) is 19.7 Å². The molecule has 1 aromatic carbocycles. The normalized spacial score (nSPS) is 21.3. The van der Waals surface area contributed by atoms with E-state index in [9.17, 15) is 14.4 Å². The smallest absolute Gasteiger partial charge is 0.255 e. The molecule has 6 nitrogen and oxygen atoms in total. The number of ether oxygens (including phenoxy) is 1. The summed E-state index contributed by atoms with van der Waals surface area (Å²) in [6, 6.07) is 2.92. The van der Waals surface area contributed by atoms with Gasteiger partial charge in [0.25, 0.3) is 5.91 Å². The van der Waals surface area contributed by atoms with Crippen LogP contribution in [0.2, 0.25) is 0 Å². The number of nitrogens with zero attached hydrogens (tertiary/aromatic N) is 1. The minimum absolute atomic E-state index is 0.203. The average molecular weight is 353 g/mol. The number of nitrogens with one attached hydrogen (secondary N) is 1. The molecule has 0 aromatic heterocycles. The number of amides is 3. The highest BCUT2D eigenvalue weighted by Crippen LogP contribution is 2.34. The monoisotopic (exact) mass is 352 g/mol. The van der Waals surface area contributed by atoms with E-state index in [1.54, 1.807) is 6.07 Å². The quantitative estimate of drug-likeness (QED) is 0.812. The second-order valence-electron chi connectivity index (χ2n) is 5.04. The van der Waals surface area contributed by atoms with E-state index in [2.05, 4.69) is 21.2 Å². The lowest BCUT2D eigenvalue weighted by atomic mass is 10.0. The van der Waals surface area contributed by atoms with Gasteiger partial charge < -0.3 is 9.64 Å². The topological polar surface area (TPSA) is 75.7 Å². The number of fused-ring (bicyclic) bond motifs is 1. The zero-order valence-electron chi connectivity index (χ0n) is 11.3. The van der Waals surface area contributed by atoms with Gasteiger partial charge in [-0.25, -0.2) is 0 Å². The van der Waals surface area contributed by atoms with Crippen molar-refractivity contribution in [1.82, 2.24) is 10.2 Å². The van der Waals surface area contributed by atoms with Crippen LogP contribution in [0, 0.1) is 0 Å². The molecule has 2 heterocycles. The zero-order chi connectivity index (χ0) is 15.1. The van der Waals surface area contributed by atoms with Crippen molar-refractivity contribution >= 4 is 33.7 Å². The lowest BCUT2D eigenvalue weighted by Gasteiger charge is -2.29. The van der Waals surface area contributed by atoms with E-state index in [1.807, 2.05) is 6.07 Å². The molecule has 0 saturated carbocycles. The van der Waals surface area contributed by atoms with Gasteiger partial charge in [0.1, 0.15) is 11.8 Å². The van der Waals surface area contributed by atoms with Crippen LogP contribution in [-0.4, -0.2) is 35.8 Å². The molecule has 3 rings (SSSR count). The Bertz CT molecular complexity index is 659. The molecule has 1 unspecified atom stereocenters. The van der Waals surface area contributed by atoms with Crippen LogP contribution >= 0.6 is 15.9 Å². The fraction of sp³-hybridized carbons (Fsp3) is 0.357. The van der Waals surface area contributed by atoms with Crippen molar-refractivity contribution in [2.75, 3.05) is 7.11 Å². The molecule has 0 bridgehead atoms. The van der Waals surface area contributed by atoms with Crippen LogP contribution in [-0.2, 0) is 16.1 Å². The van der Waals surface area contributed by atoms with E-state index in [4.69, 9.17) is 4.74 Å². The summed E-state index contributed by atoms with van der Waals surface area (Å²) in [5.41, 5.74) is 1.39. The lowest BCUT2D eigenvalue weighted by Crippen LogP contribution is -2.52. The summed E-state index contributed by atoms with van der Waals surface area (Å²) in [6.07, 6.45) is 0.617. The van der Waals surface area contributed by atoms with Gasteiger partial charge in [0.2, 0.25) is 11.8 Å². The van der Waals surface area contributed by atoms with Crippen molar-refractivity contribution in [1.29, 1.82) is 0 Å². The molecule has 1 N–H and O–H groups in total. The maximum Gasteiger partial charge on any atom is 0.255 e. The summed E-state index contributed by atoms with van der Waals surface area (Å²) in [5, 5.41) is 2.28. The molecular formula is C14H13BrN2O4. The number of halogens is 1. The Hall–Kier alpha value is -1.89. The van der Waals surface area contributed by atoms with Crippen molar-refractivity contribution in [2.45, 2.75) is 25.4 Å². The van der Waals surface area contributed by atoms with Crippen molar-refractivity contribution in [2.24, 2.45) is 0 Å². The fourth-order valence-corrected chi connectivity index (χ4v) is 3.27. The van der Waals surface area contributed by atoms with Crippen LogP contribution in [0.25, 0.3) is 0 Å². The first-order valence-electron chi connectivity index (χ1n) is 6.52. The molecule has 1 saturated heterocycles. The average Bonchev–Trinajstić information content (AvgIpc) is 2.74. The summed E-state index contributed by atoms with van der Waals surface area (Å²) < 4.78 is 5.96. The van der Waals surface area contributed by atoms with Crippen LogP contribution in [0.3, 0.4) is 0 Å². The number of carbonyl (C=O) groups is 3. The Morgan fingerprint density at radius 1 is 1.33 bits per heavy atom. The SMILES string of the molecule is COc1cc2c(cc1Br)CN(C1CCC(=O)NC1=O)C2=O. The maximum absolute atomic E-state index is 12.5. The van der Waals surface area contributed by atoms with Gasteiger partial charge in [-0.15, -0.1) is 0 Å². The number of rotatable bonds is 2. The number of imide groups is 1. The predicted molar refractivity (Wildman–Crippen MR) is 76.7 cm³/mol. The third-order valence-electron chi connectivity index (χ3n) is 3.80. The molecule has 21 heavy (non-hydrogen) atoms. The second-order valence-corrected chi connectivity index (χ2v) is 5.90. The zero-order valence-corrected chi connectivity index (χ0v) is 12.9. The molecule has 0 aliphatic carbocycles. The molecule has 1 atom stereocenters. The van der Waals surface area contributed by atoms with E-state index < -0.39 is 11.9 Å². The molecular weight excluding hydrogens is 340 g/mol. The predicted octanol–water partition coefficient (Wildman–Crippen LogP) is 1.22. The summed E-state index contributed by atoms with van der Waals surface area (Å²) >= 11 is 3.39. The minimum atomic E-state index is -0.590. The number of hydrogen-bond donors (Lipinski definition) is 1. The van der Waals surface area contributed by atoms with Gasteiger partial charge in [-0.05, 0) is 40.0 Å². The number of carbonyl (C=O) groups excluding carboxylic acids is 3. The summed E-state index contributed by atoms with van der Waals surface area (Å²) in [7, 11) is 1.53. The Morgan fingerprint density at radius 2 is 2.10 bits per heavy atom. The highest BCUT2D eigenvalue weighted by Gasteiger charge is 2.39. The minimum Gasteiger partial charge on any atom is -0.496 e. The van der Waals surface area contributed by atoms with Gasteiger partial charge in [0, 0.05) is 18.5 Å². The third kappa shape index (κ3) is 2.31. The van der Waals surface area contributed by atoms with Crippen molar-refractivity contribution in [3.8, 4) is 5.75 Å². The molecule has 0 radical (unpaired) electrons. The van der Waals surface area contributed by atoms with Gasteiger partial charge in [0.15, 0.2) is 0 Å². The van der Waals surface area contributed by atoms with Gasteiger partial charge in [-0.2, -0.15) is 0 Å². The van der Waals surface area contributed by atoms with Crippen LogP contribution < -0.4 is 10.1 Å². The van der Waals surface area contributed by atoms with E-state index in [-0.39, 0.29) is 18.2 Å². The Kier molecular flexibility index (Phi) is 3.44. The van der Waals surface area contributed by atoms with Gasteiger partial charge in [0.05, 0.1) is 11.6 Å². The fourth-order valence-electron chi connectivity index (χ4n) is 2.72. The lowest BCUT2D eigenvalue weighted by molar-refractivity contribution is -0.136. The van der Waals surface area contributed by atoms with E-state index in [0.29, 0.717) is 24.3 Å². The van der Waals surface area contributed by atoms with Crippen molar-refractivity contribution < 1.29 is 19.1 Å². The van der Waals surface area contributed by atoms with Gasteiger partial charge in [-0.1, -0.05) is 0 Å². The summed E-state index contributed by atoms with van der Waals surface area (Å²) in [4.78, 5) is 37.1. The first-order chi connectivity index (χ1) is 10.0. The Morgan fingerprint density at radius 3 is 2.76 bits per heavy atom. The maximum atomic E-state index is 12.5. The first kappa shape index (κ1) is 14.1. The van der Waals surface area contributed by atoms with Crippen LogP contribution in [0.4, 0.5) is 0 Å². The standard InChI is InChI=1S/C14H13BrN2O4/c1-21-11-5-8-7(4-9(11)15)6-17(14(8)20)10-2-3-12(18)16-13(10)19/h4-5,10H,2-3,6H2,1H3,(H,16,18,19). The molecule has 0 spiro atoms. The Labute approximate surface area is 129 Å². The van der Waals surface area contributed by atoms with E-state index in [0.717, 1.165) is 10.0 Å². The molecule has 2 aliphatic heterocycles. The molecule has 110 valence electrons. The van der Waals surface area contributed by atoms with Crippen molar-refractivity contribution in [3.05, 3.63) is 27.7 Å². The van der Waals surface area contributed by atoms with Crippen LogP contribution in [0.5, 0.6) is 5.75 Å². The number of methoxy groups -OCH3 is 1. The number of piperidine rings is 1. The van der Waals surface area contributed by atoms with E-state index in [1.165, 1.54) is 12.0 Å². The van der Waals surface area contributed by atoms with Crippen LogP contribution in [0.15, 0.2) is 16.6 Å². The highest BCUT2D eigenvalue weighted by atomic mass is 79.9. The highest BCUT2D eigenvalue weighted by molar-refractivity contribution is 9.10. The summed E-state index contributed by atoms with van der Waals surface area (Å²) in [5.74, 6) is -0.319. The molecule has 1 aromatic rings. The number of hydrogen-bond acceptors (Lipinski definition) is 4. The van der Waals surface area contributed by atoms with Crippen LogP contribution in [0.1, 0.15) is 28.8 Å². The largest absolute Gasteiger partial charge is 0.496 e. The second kappa shape index (κ2) is 5.14. The molecule has 3 amide bonds. The number of benzene rings is 1. The van der Waals surface area contributed by atoms with Crippen molar-refractivity contribution in [3.63, 3.8) is 0 Å². The molecule has 7 heteroatoms. The Balaban J connectivity index is 1.90. The summed E-state index contributed by atoms with van der Waals surface area (Å²) in [6.45, 7) is 0.364. The van der Waals surface area contributed by atoms with E-state index >= 15 is 0 Å².